The molecule has 0 saturated carbocycles. The van der Waals surface area contributed by atoms with Crippen molar-refractivity contribution in [2.45, 2.75) is 32.1 Å². The van der Waals surface area contributed by atoms with E-state index in [4.69, 9.17) is 4.42 Å². The van der Waals surface area contributed by atoms with Gasteiger partial charge < -0.3 is 9.32 Å². The number of para-hydroxylation sites is 2. The van der Waals surface area contributed by atoms with Gasteiger partial charge in [-0.05, 0) is 93.9 Å². The van der Waals surface area contributed by atoms with Crippen molar-refractivity contribution < 1.29 is 4.42 Å². The summed E-state index contributed by atoms with van der Waals surface area (Å²) in [5, 5.41) is 4.73. The number of furan rings is 1. The van der Waals surface area contributed by atoms with Crippen LogP contribution in [0.5, 0.6) is 0 Å². The lowest BCUT2D eigenvalue weighted by molar-refractivity contribution is 0.651. The lowest BCUT2D eigenvalue weighted by atomic mass is 9.80. The highest BCUT2D eigenvalue weighted by molar-refractivity contribution is 6.19. The van der Waals surface area contributed by atoms with Gasteiger partial charge in [0, 0.05) is 33.1 Å². The van der Waals surface area contributed by atoms with Gasteiger partial charge >= 0.3 is 0 Å². The average Bonchev–Trinajstić information content (AvgIpc) is 3.58. The SMILES string of the molecule is CC1(C)C2=C(CCC=C2)c2ccc(N(c3ccc4c(ccc5oc6ccccc6c54)c3)c3ccccc3-c3ccccc3)cc21. The van der Waals surface area contributed by atoms with Gasteiger partial charge in [-0.25, -0.2) is 0 Å². The van der Waals surface area contributed by atoms with Gasteiger partial charge in [0.25, 0.3) is 0 Å². The summed E-state index contributed by atoms with van der Waals surface area (Å²) in [5.74, 6) is 0. The molecular weight excluding hydrogens is 546 g/mol. The van der Waals surface area contributed by atoms with Crippen LogP contribution in [0.2, 0.25) is 0 Å². The van der Waals surface area contributed by atoms with Crippen LogP contribution in [0.15, 0.2) is 150 Å². The molecule has 6 aromatic carbocycles. The highest BCUT2D eigenvalue weighted by atomic mass is 16.3. The minimum atomic E-state index is -0.0421. The van der Waals surface area contributed by atoms with Crippen molar-refractivity contribution in [3.8, 4) is 11.1 Å². The van der Waals surface area contributed by atoms with E-state index >= 15 is 0 Å². The molecule has 2 aliphatic carbocycles. The van der Waals surface area contributed by atoms with Gasteiger partial charge in [-0.2, -0.15) is 0 Å². The van der Waals surface area contributed by atoms with E-state index in [1.807, 2.05) is 6.07 Å². The first kappa shape index (κ1) is 26.1. The minimum absolute atomic E-state index is 0.0421. The van der Waals surface area contributed by atoms with E-state index in [1.165, 1.54) is 55.2 Å². The number of hydrogen-bond acceptors (Lipinski definition) is 2. The maximum Gasteiger partial charge on any atom is 0.136 e. The molecule has 1 heterocycles. The number of rotatable bonds is 4. The summed E-state index contributed by atoms with van der Waals surface area (Å²) < 4.78 is 6.22. The summed E-state index contributed by atoms with van der Waals surface area (Å²) in [6.07, 6.45) is 6.93. The first-order valence-electron chi connectivity index (χ1n) is 15.9. The molecule has 0 radical (unpaired) electrons. The lowest BCUT2D eigenvalue weighted by Crippen LogP contribution is -2.18. The number of benzene rings is 6. The van der Waals surface area contributed by atoms with E-state index in [0.717, 1.165) is 40.8 Å². The molecule has 2 nitrogen and oxygen atoms in total. The summed E-state index contributed by atoms with van der Waals surface area (Å²) in [6.45, 7) is 4.76. The maximum atomic E-state index is 6.22. The Hall–Kier alpha value is -5.34. The standard InChI is InChI=1S/C43H33NO/c1-43(2)37-17-9-6-15-34(37)35-24-22-31(27-38(35)43)44(39-18-10-7-14-32(39)28-12-4-3-5-13-28)30-21-23-33-29(26-30)20-25-41-42(33)36-16-8-11-19-40(36)45-41/h3-5,7-14,16-27H,6,15H2,1-2H3. The number of nitrogens with zero attached hydrogens (tertiary/aromatic N) is 1. The van der Waals surface area contributed by atoms with Gasteiger partial charge in [-0.15, -0.1) is 0 Å². The van der Waals surface area contributed by atoms with Crippen molar-refractivity contribution in [3.05, 3.63) is 156 Å². The molecule has 0 spiro atoms. The fraction of sp³-hybridized carbons (Fsp3) is 0.116. The topological polar surface area (TPSA) is 16.4 Å². The smallest absolute Gasteiger partial charge is 0.136 e. The Morgan fingerprint density at radius 3 is 2.33 bits per heavy atom. The lowest BCUT2D eigenvalue weighted by Gasteiger charge is -2.30. The van der Waals surface area contributed by atoms with Crippen LogP contribution in [0.25, 0.3) is 49.4 Å². The summed E-state index contributed by atoms with van der Waals surface area (Å²) in [7, 11) is 0. The average molecular weight is 580 g/mol. The molecule has 2 heteroatoms. The Morgan fingerprint density at radius 1 is 0.644 bits per heavy atom. The Morgan fingerprint density at radius 2 is 1.42 bits per heavy atom. The zero-order chi connectivity index (χ0) is 30.1. The second kappa shape index (κ2) is 9.84. The summed E-state index contributed by atoms with van der Waals surface area (Å²) in [5.41, 5.74) is 13.5. The molecule has 1 aromatic heterocycles. The molecule has 0 bridgehead atoms. The molecular formula is C43H33NO. The summed E-state index contributed by atoms with van der Waals surface area (Å²) >= 11 is 0. The van der Waals surface area contributed by atoms with Crippen LogP contribution in [0.3, 0.4) is 0 Å². The molecule has 0 atom stereocenters. The molecule has 0 unspecified atom stereocenters. The highest BCUT2D eigenvalue weighted by Gasteiger charge is 2.37. The molecule has 0 amide bonds. The molecule has 0 N–H and O–H groups in total. The Labute approximate surface area is 263 Å². The third-order valence-electron chi connectivity index (χ3n) is 9.93. The van der Waals surface area contributed by atoms with E-state index < -0.39 is 0 Å². The normalized spacial score (nSPS) is 15.2. The van der Waals surface area contributed by atoms with Crippen molar-refractivity contribution in [3.63, 3.8) is 0 Å². The van der Waals surface area contributed by atoms with E-state index in [-0.39, 0.29) is 5.41 Å². The van der Waals surface area contributed by atoms with Crippen LogP contribution in [-0.2, 0) is 5.41 Å². The largest absolute Gasteiger partial charge is 0.456 e. The molecule has 0 saturated heterocycles. The molecule has 45 heavy (non-hydrogen) atoms. The van der Waals surface area contributed by atoms with E-state index in [2.05, 4.69) is 152 Å². The Bertz CT molecular complexity index is 2350. The summed E-state index contributed by atoms with van der Waals surface area (Å²) in [4.78, 5) is 2.45. The maximum absolute atomic E-state index is 6.22. The minimum Gasteiger partial charge on any atom is -0.456 e. The number of fused-ring (bicyclic) bond motifs is 7. The fourth-order valence-corrected chi connectivity index (χ4v) is 7.76. The van der Waals surface area contributed by atoms with Crippen molar-refractivity contribution >= 4 is 55.3 Å². The molecule has 0 fully saturated rings. The van der Waals surface area contributed by atoms with Crippen LogP contribution in [0.4, 0.5) is 17.1 Å². The first-order chi connectivity index (χ1) is 22.1. The highest BCUT2D eigenvalue weighted by Crippen LogP contribution is 2.52. The predicted octanol–water partition coefficient (Wildman–Crippen LogP) is 12.3. The quantitative estimate of drug-likeness (QED) is 0.206. The van der Waals surface area contributed by atoms with E-state index in [0.29, 0.717) is 0 Å². The summed E-state index contributed by atoms with van der Waals surface area (Å²) in [6, 6.07) is 46.2. The fourth-order valence-electron chi connectivity index (χ4n) is 7.76. The van der Waals surface area contributed by atoms with Gasteiger partial charge in [0.05, 0.1) is 5.69 Å². The van der Waals surface area contributed by atoms with Crippen molar-refractivity contribution in [1.82, 2.24) is 0 Å². The molecule has 9 rings (SSSR count). The molecule has 216 valence electrons. The molecule has 2 aliphatic rings. The van der Waals surface area contributed by atoms with Crippen molar-refractivity contribution in [1.29, 1.82) is 0 Å². The van der Waals surface area contributed by atoms with Crippen molar-refractivity contribution in [2.75, 3.05) is 4.90 Å². The van der Waals surface area contributed by atoms with Crippen LogP contribution >= 0.6 is 0 Å². The van der Waals surface area contributed by atoms with Gasteiger partial charge in [-0.3, -0.25) is 0 Å². The Kier molecular flexibility index (Phi) is 5.70. The van der Waals surface area contributed by atoms with Crippen LogP contribution in [0, 0.1) is 0 Å². The Balaban J connectivity index is 1.28. The van der Waals surface area contributed by atoms with E-state index in [1.54, 1.807) is 0 Å². The number of allylic oxidation sites excluding steroid dienone is 4. The zero-order valence-electron chi connectivity index (χ0n) is 25.5. The second-order valence-electron chi connectivity index (χ2n) is 12.8. The molecule has 0 aliphatic heterocycles. The van der Waals surface area contributed by atoms with Gasteiger partial charge in [0.1, 0.15) is 11.2 Å². The van der Waals surface area contributed by atoms with Crippen LogP contribution in [0.1, 0.15) is 37.8 Å². The monoisotopic (exact) mass is 579 g/mol. The first-order valence-corrected chi connectivity index (χ1v) is 15.9. The zero-order valence-corrected chi connectivity index (χ0v) is 25.5. The predicted molar refractivity (Wildman–Crippen MR) is 190 cm³/mol. The van der Waals surface area contributed by atoms with Gasteiger partial charge in [0.15, 0.2) is 0 Å². The third kappa shape index (κ3) is 3.95. The molecule has 7 aromatic rings. The number of hydrogen-bond donors (Lipinski definition) is 0. The van der Waals surface area contributed by atoms with Crippen molar-refractivity contribution in [2.24, 2.45) is 0 Å². The van der Waals surface area contributed by atoms with Crippen LogP contribution < -0.4 is 4.90 Å². The van der Waals surface area contributed by atoms with Gasteiger partial charge in [0.2, 0.25) is 0 Å². The number of anilines is 3. The van der Waals surface area contributed by atoms with E-state index in [9.17, 15) is 0 Å². The third-order valence-corrected chi connectivity index (χ3v) is 9.93. The second-order valence-corrected chi connectivity index (χ2v) is 12.8. The van der Waals surface area contributed by atoms with Crippen LogP contribution in [-0.4, -0.2) is 0 Å². The van der Waals surface area contributed by atoms with Gasteiger partial charge in [-0.1, -0.05) is 111 Å².